The first-order chi connectivity index (χ1) is 5.77. The van der Waals surface area contributed by atoms with Gasteiger partial charge in [-0.05, 0) is 0 Å². The zero-order valence-electron chi connectivity index (χ0n) is 5.76. The number of thiazole rings is 1. The third kappa shape index (κ3) is 1.02. The van der Waals surface area contributed by atoms with Crippen molar-refractivity contribution in [1.29, 1.82) is 0 Å². The molecule has 60 valence electrons. The molecule has 2 aromatic rings. The Bertz CT molecular complexity index is 406. The summed E-state index contributed by atoms with van der Waals surface area (Å²) in [5.74, 6) is -1.02. The summed E-state index contributed by atoms with van der Waals surface area (Å²) >= 11 is 1.09. The van der Waals surface area contributed by atoms with Gasteiger partial charge < -0.3 is 5.11 Å². The van der Waals surface area contributed by atoms with Gasteiger partial charge in [-0.1, -0.05) is 0 Å². The van der Waals surface area contributed by atoms with Crippen LogP contribution in [0.1, 0.15) is 9.80 Å². The molecule has 0 aliphatic carbocycles. The molecule has 0 aliphatic rings. The largest absolute Gasteiger partial charge is 0.476 e. The lowest BCUT2D eigenvalue weighted by molar-refractivity contribution is 0.0696. The van der Waals surface area contributed by atoms with Gasteiger partial charge in [-0.2, -0.15) is 10.2 Å². The van der Waals surface area contributed by atoms with Gasteiger partial charge in [-0.15, -0.1) is 11.3 Å². The normalized spacial score (nSPS) is 10.3. The predicted octanol–water partition coefficient (Wildman–Crippen LogP) is 0.784. The SMILES string of the molecule is O=C(O)c1nc2cnncc2s1. The van der Waals surface area contributed by atoms with Gasteiger partial charge in [0.25, 0.3) is 0 Å². The Balaban J connectivity index is 2.70. The summed E-state index contributed by atoms with van der Waals surface area (Å²) in [6.07, 6.45) is 2.94. The standard InChI is InChI=1S/C6H3N3O2S/c10-6(11)5-9-3-1-7-8-2-4(3)12-5/h1-2H,(H,10,11). The molecule has 2 heterocycles. The summed E-state index contributed by atoms with van der Waals surface area (Å²) < 4.78 is 0.738. The number of carbonyl (C=O) groups is 1. The van der Waals surface area contributed by atoms with Gasteiger partial charge in [0, 0.05) is 0 Å². The molecule has 0 amide bonds. The first-order valence-corrected chi connectivity index (χ1v) is 3.89. The molecule has 0 fully saturated rings. The molecule has 2 aromatic heterocycles. The van der Waals surface area contributed by atoms with Crippen molar-refractivity contribution >= 4 is 27.5 Å². The molecule has 1 N–H and O–H groups in total. The number of aromatic carboxylic acids is 1. The number of nitrogens with zero attached hydrogens (tertiary/aromatic N) is 3. The molecule has 6 heteroatoms. The lowest BCUT2D eigenvalue weighted by Crippen LogP contribution is -1.93. The van der Waals surface area contributed by atoms with E-state index in [0.29, 0.717) is 5.52 Å². The molecular weight excluding hydrogens is 178 g/mol. The van der Waals surface area contributed by atoms with Crippen LogP contribution < -0.4 is 0 Å². The summed E-state index contributed by atoms with van der Waals surface area (Å²) in [6.45, 7) is 0. The van der Waals surface area contributed by atoms with Crippen LogP contribution in [0.4, 0.5) is 0 Å². The first-order valence-electron chi connectivity index (χ1n) is 3.08. The van der Waals surface area contributed by atoms with Crippen molar-refractivity contribution in [3.63, 3.8) is 0 Å². The van der Waals surface area contributed by atoms with Crippen molar-refractivity contribution < 1.29 is 9.90 Å². The molecule has 0 saturated carbocycles. The second-order valence-electron chi connectivity index (χ2n) is 2.06. The first kappa shape index (κ1) is 7.11. The summed E-state index contributed by atoms with van der Waals surface area (Å²) in [5, 5.41) is 15.9. The highest BCUT2D eigenvalue weighted by Crippen LogP contribution is 2.19. The average Bonchev–Trinajstić information content (AvgIpc) is 2.46. The highest BCUT2D eigenvalue weighted by molar-refractivity contribution is 7.20. The van der Waals surface area contributed by atoms with Crippen LogP contribution in [0.3, 0.4) is 0 Å². The summed E-state index contributed by atoms with van der Waals surface area (Å²) in [7, 11) is 0. The monoisotopic (exact) mass is 181 g/mol. The molecule has 0 unspecified atom stereocenters. The van der Waals surface area contributed by atoms with Crippen LogP contribution in [0, 0.1) is 0 Å². The minimum atomic E-state index is -1.02. The van der Waals surface area contributed by atoms with Gasteiger partial charge in [0.2, 0.25) is 5.01 Å². The van der Waals surface area contributed by atoms with E-state index in [0.717, 1.165) is 16.0 Å². The van der Waals surface area contributed by atoms with Crippen molar-refractivity contribution in [3.8, 4) is 0 Å². The minimum Gasteiger partial charge on any atom is -0.476 e. The second-order valence-corrected chi connectivity index (χ2v) is 3.09. The Labute approximate surface area is 70.7 Å². The summed E-state index contributed by atoms with van der Waals surface area (Å²) in [5.41, 5.74) is 0.576. The van der Waals surface area contributed by atoms with Crippen molar-refractivity contribution in [2.45, 2.75) is 0 Å². The number of carboxylic acids is 1. The zero-order valence-corrected chi connectivity index (χ0v) is 6.58. The topological polar surface area (TPSA) is 76.0 Å². The van der Waals surface area contributed by atoms with Crippen LogP contribution in [-0.4, -0.2) is 26.3 Å². The quantitative estimate of drug-likeness (QED) is 0.703. The maximum absolute atomic E-state index is 10.5. The van der Waals surface area contributed by atoms with Crippen LogP contribution in [0.5, 0.6) is 0 Å². The van der Waals surface area contributed by atoms with Crippen molar-refractivity contribution in [2.75, 3.05) is 0 Å². The Kier molecular flexibility index (Phi) is 1.47. The van der Waals surface area contributed by atoms with Gasteiger partial charge in [0.1, 0.15) is 5.52 Å². The smallest absolute Gasteiger partial charge is 0.365 e. The second kappa shape index (κ2) is 2.49. The van der Waals surface area contributed by atoms with Gasteiger partial charge in [0.15, 0.2) is 0 Å². The fourth-order valence-electron chi connectivity index (χ4n) is 0.794. The van der Waals surface area contributed by atoms with Gasteiger partial charge in [-0.25, -0.2) is 9.78 Å². The maximum Gasteiger partial charge on any atom is 0.365 e. The highest BCUT2D eigenvalue weighted by atomic mass is 32.1. The molecule has 0 saturated heterocycles. The molecule has 12 heavy (non-hydrogen) atoms. The molecule has 0 aromatic carbocycles. The maximum atomic E-state index is 10.5. The van der Waals surface area contributed by atoms with E-state index in [1.54, 1.807) is 0 Å². The summed E-state index contributed by atoms with van der Waals surface area (Å²) in [4.78, 5) is 14.3. The number of rotatable bonds is 1. The van der Waals surface area contributed by atoms with E-state index in [2.05, 4.69) is 15.2 Å². The third-order valence-electron chi connectivity index (χ3n) is 1.29. The van der Waals surface area contributed by atoms with Crippen LogP contribution >= 0.6 is 11.3 Å². The van der Waals surface area contributed by atoms with Crippen LogP contribution in [0.2, 0.25) is 0 Å². The number of hydrogen-bond donors (Lipinski definition) is 1. The molecule has 0 atom stereocenters. The van der Waals surface area contributed by atoms with E-state index < -0.39 is 5.97 Å². The van der Waals surface area contributed by atoms with Crippen molar-refractivity contribution in [2.24, 2.45) is 0 Å². The zero-order chi connectivity index (χ0) is 8.55. The van der Waals surface area contributed by atoms with Crippen molar-refractivity contribution in [3.05, 3.63) is 17.4 Å². The lowest BCUT2D eigenvalue weighted by atomic mass is 10.5. The molecule has 2 rings (SSSR count). The minimum absolute atomic E-state index is 0.0693. The number of aromatic nitrogens is 3. The van der Waals surface area contributed by atoms with E-state index in [1.807, 2.05) is 0 Å². The van der Waals surface area contributed by atoms with Crippen molar-refractivity contribution in [1.82, 2.24) is 15.2 Å². The van der Waals surface area contributed by atoms with E-state index in [4.69, 9.17) is 5.11 Å². The Morgan fingerprint density at radius 2 is 2.17 bits per heavy atom. The van der Waals surface area contributed by atoms with E-state index in [1.165, 1.54) is 12.4 Å². The molecule has 0 spiro atoms. The fraction of sp³-hybridized carbons (Fsp3) is 0. The van der Waals surface area contributed by atoms with Crippen LogP contribution in [-0.2, 0) is 0 Å². The summed E-state index contributed by atoms with van der Waals surface area (Å²) in [6, 6.07) is 0. The molecule has 5 nitrogen and oxygen atoms in total. The number of hydrogen-bond acceptors (Lipinski definition) is 5. The lowest BCUT2D eigenvalue weighted by Gasteiger charge is -1.79. The average molecular weight is 181 g/mol. The van der Waals surface area contributed by atoms with E-state index >= 15 is 0 Å². The molecule has 0 aliphatic heterocycles. The number of carboxylic acid groups (broad SMARTS) is 1. The molecule has 0 radical (unpaired) electrons. The van der Waals surface area contributed by atoms with Crippen LogP contribution in [0.25, 0.3) is 10.2 Å². The Morgan fingerprint density at radius 1 is 1.42 bits per heavy atom. The van der Waals surface area contributed by atoms with Gasteiger partial charge >= 0.3 is 5.97 Å². The third-order valence-corrected chi connectivity index (χ3v) is 2.28. The molecule has 0 bridgehead atoms. The fourth-order valence-corrected chi connectivity index (χ4v) is 1.54. The van der Waals surface area contributed by atoms with E-state index in [9.17, 15) is 4.79 Å². The highest BCUT2D eigenvalue weighted by Gasteiger charge is 2.09. The van der Waals surface area contributed by atoms with Gasteiger partial charge in [0.05, 0.1) is 17.1 Å². The number of fused-ring (bicyclic) bond motifs is 1. The van der Waals surface area contributed by atoms with E-state index in [-0.39, 0.29) is 5.01 Å². The molecular formula is C6H3N3O2S. The van der Waals surface area contributed by atoms with Gasteiger partial charge in [-0.3, -0.25) is 0 Å². The predicted molar refractivity (Wildman–Crippen MR) is 42.2 cm³/mol. The Hall–Kier alpha value is -1.56. The van der Waals surface area contributed by atoms with Crippen LogP contribution in [0.15, 0.2) is 12.4 Å². The Morgan fingerprint density at radius 3 is 2.83 bits per heavy atom.